The molecule has 3 rings (SSSR count). The van der Waals surface area contributed by atoms with Crippen molar-refractivity contribution in [2.75, 3.05) is 45.2 Å². The van der Waals surface area contributed by atoms with E-state index in [1.54, 1.807) is 26.6 Å². The largest absolute Gasteiger partial charge is 0.481 e. The molecule has 0 aromatic carbocycles. The van der Waals surface area contributed by atoms with Gasteiger partial charge in [0.15, 0.2) is 5.96 Å². The topological polar surface area (TPSA) is 78.8 Å². The van der Waals surface area contributed by atoms with Crippen LogP contribution in [-0.4, -0.2) is 66.1 Å². The Morgan fingerprint density at radius 3 is 2.52 bits per heavy atom. The summed E-state index contributed by atoms with van der Waals surface area (Å²) in [5, 5.41) is 3.39. The molecule has 0 aliphatic carbocycles. The Morgan fingerprint density at radius 1 is 1.16 bits per heavy atom. The predicted octanol–water partition coefficient (Wildman–Crippen LogP) is 0.778. The predicted molar refractivity (Wildman–Crippen MR) is 96.8 cm³/mol. The van der Waals surface area contributed by atoms with Crippen molar-refractivity contribution in [3.63, 3.8) is 0 Å². The van der Waals surface area contributed by atoms with Crippen LogP contribution < -0.4 is 15.0 Å². The number of aromatic nitrogens is 3. The minimum Gasteiger partial charge on any atom is -0.481 e. The molecule has 0 spiro atoms. The highest BCUT2D eigenvalue weighted by molar-refractivity contribution is 5.80. The SMILES string of the molecule is CN=C(NCc1ccc(OC)nc1)N1CCN(c2ncccn2)CC1. The summed E-state index contributed by atoms with van der Waals surface area (Å²) in [5.74, 6) is 2.30. The monoisotopic (exact) mass is 341 g/mol. The lowest BCUT2D eigenvalue weighted by molar-refractivity contribution is 0.370. The number of pyridine rings is 1. The zero-order chi connectivity index (χ0) is 17.5. The van der Waals surface area contributed by atoms with Crippen molar-refractivity contribution in [2.45, 2.75) is 6.54 Å². The lowest BCUT2D eigenvalue weighted by atomic mass is 10.3. The first-order chi connectivity index (χ1) is 12.3. The maximum Gasteiger partial charge on any atom is 0.225 e. The number of rotatable bonds is 4. The van der Waals surface area contributed by atoms with Crippen LogP contribution in [-0.2, 0) is 6.54 Å². The number of methoxy groups -OCH3 is 1. The molecule has 0 unspecified atom stereocenters. The van der Waals surface area contributed by atoms with E-state index in [0.29, 0.717) is 12.4 Å². The van der Waals surface area contributed by atoms with E-state index in [1.807, 2.05) is 24.4 Å². The molecule has 1 N–H and O–H groups in total. The highest BCUT2D eigenvalue weighted by atomic mass is 16.5. The van der Waals surface area contributed by atoms with Gasteiger partial charge in [-0.3, -0.25) is 4.99 Å². The Hall–Kier alpha value is -2.90. The molecular formula is C17H23N7O. The molecule has 1 saturated heterocycles. The van der Waals surface area contributed by atoms with Crippen molar-refractivity contribution in [3.8, 4) is 5.88 Å². The molecule has 2 aromatic rings. The Labute approximate surface area is 147 Å². The summed E-state index contributed by atoms with van der Waals surface area (Å²) in [5.41, 5.74) is 1.08. The molecule has 2 aromatic heterocycles. The number of aliphatic imine (C=N–C) groups is 1. The number of nitrogens with zero attached hydrogens (tertiary/aromatic N) is 6. The van der Waals surface area contributed by atoms with Gasteiger partial charge in [-0.05, 0) is 11.6 Å². The van der Waals surface area contributed by atoms with Crippen LogP contribution in [0.3, 0.4) is 0 Å². The van der Waals surface area contributed by atoms with Gasteiger partial charge in [0.25, 0.3) is 0 Å². The smallest absolute Gasteiger partial charge is 0.225 e. The van der Waals surface area contributed by atoms with E-state index in [9.17, 15) is 0 Å². The molecule has 0 bridgehead atoms. The number of hydrogen-bond acceptors (Lipinski definition) is 6. The highest BCUT2D eigenvalue weighted by Crippen LogP contribution is 2.10. The molecule has 0 radical (unpaired) electrons. The summed E-state index contributed by atoms with van der Waals surface area (Å²) in [6.07, 6.45) is 5.36. The van der Waals surface area contributed by atoms with E-state index in [1.165, 1.54) is 0 Å². The molecule has 1 fully saturated rings. The van der Waals surface area contributed by atoms with Crippen LogP contribution in [0.25, 0.3) is 0 Å². The highest BCUT2D eigenvalue weighted by Gasteiger charge is 2.20. The molecule has 8 heteroatoms. The van der Waals surface area contributed by atoms with Gasteiger partial charge in [0.2, 0.25) is 11.8 Å². The van der Waals surface area contributed by atoms with Gasteiger partial charge in [0.05, 0.1) is 7.11 Å². The van der Waals surface area contributed by atoms with Gasteiger partial charge in [0, 0.05) is 64.4 Å². The van der Waals surface area contributed by atoms with Crippen LogP contribution in [0.4, 0.5) is 5.95 Å². The average Bonchev–Trinajstić information content (AvgIpc) is 2.70. The Kier molecular flexibility index (Phi) is 5.61. The Bertz CT molecular complexity index is 682. The third-order valence-corrected chi connectivity index (χ3v) is 4.08. The quantitative estimate of drug-likeness (QED) is 0.650. The minimum atomic E-state index is 0.618. The summed E-state index contributed by atoms with van der Waals surface area (Å²) in [6, 6.07) is 5.69. The molecule has 1 aliphatic rings. The first-order valence-corrected chi connectivity index (χ1v) is 8.26. The van der Waals surface area contributed by atoms with Gasteiger partial charge >= 0.3 is 0 Å². The first-order valence-electron chi connectivity index (χ1n) is 8.26. The zero-order valence-electron chi connectivity index (χ0n) is 14.6. The molecule has 0 atom stereocenters. The first kappa shape index (κ1) is 16.9. The lowest BCUT2D eigenvalue weighted by Gasteiger charge is -2.36. The fraction of sp³-hybridized carbons (Fsp3) is 0.412. The molecule has 132 valence electrons. The fourth-order valence-electron chi connectivity index (χ4n) is 2.72. The van der Waals surface area contributed by atoms with Crippen molar-refractivity contribution in [2.24, 2.45) is 4.99 Å². The van der Waals surface area contributed by atoms with Crippen molar-refractivity contribution < 1.29 is 4.74 Å². The van der Waals surface area contributed by atoms with Crippen LogP contribution in [0, 0.1) is 0 Å². The second kappa shape index (κ2) is 8.27. The summed E-state index contributed by atoms with van der Waals surface area (Å²) in [6.45, 7) is 4.16. The van der Waals surface area contributed by atoms with Crippen molar-refractivity contribution >= 4 is 11.9 Å². The number of ether oxygens (including phenoxy) is 1. The summed E-state index contributed by atoms with van der Waals surface area (Å²) in [7, 11) is 3.42. The normalized spacial score (nSPS) is 15.2. The molecule has 8 nitrogen and oxygen atoms in total. The van der Waals surface area contributed by atoms with Gasteiger partial charge < -0.3 is 19.9 Å². The van der Waals surface area contributed by atoms with Gasteiger partial charge in [-0.25, -0.2) is 15.0 Å². The second-order valence-electron chi connectivity index (χ2n) is 5.63. The van der Waals surface area contributed by atoms with E-state index in [-0.39, 0.29) is 0 Å². The van der Waals surface area contributed by atoms with Gasteiger partial charge in [-0.1, -0.05) is 6.07 Å². The van der Waals surface area contributed by atoms with Crippen molar-refractivity contribution in [1.82, 2.24) is 25.2 Å². The van der Waals surface area contributed by atoms with Crippen molar-refractivity contribution in [3.05, 3.63) is 42.4 Å². The molecule has 0 saturated carbocycles. The van der Waals surface area contributed by atoms with E-state index in [2.05, 4.69) is 35.1 Å². The third kappa shape index (κ3) is 4.34. The third-order valence-electron chi connectivity index (χ3n) is 4.08. The van der Waals surface area contributed by atoms with Gasteiger partial charge in [-0.15, -0.1) is 0 Å². The number of piperazine rings is 1. The van der Waals surface area contributed by atoms with Crippen LogP contribution in [0.1, 0.15) is 5.56 Å². The van der Waals surface area contributed by atoms with E-state index >= 15 is 0 Å². The van der Waals surface area contributed by atoms with Crippen molar-refractivity contribution in [1.29, 1.82) is 0 Å². The van der Waals surface area contributed by atoms with Gasteiger partial charge in [0.1, 0.15) is 0 Å². The maximum atomic E-state index is 5.08. The number of nitrogens with one attached hydrogen (secondary N) is 1. The Balaban J connectivity index is 1.52. The van der Waals surface area contributed by atoms with Crippen LogP contribution in [0.2, 0.25) is 0 Å². The summed E-state index contributed by atoms with van der Waals surface area (Å²) in [4.78, 5) is 21.7. The van der Waals surface area contributed by atoms with Crippen LogP contribution >= 0.6 is 0 Å². The van der Waals surface area contributed by atoms with E-state index < -0.39 is 0 Å². The van der Waals surface area contributed by atoms with E-state index in [0.717, 1.165) is 43.7 Å². The molecule has 1 aliphatic heterocycles. The fourth-order valence-corrected chi connectivity index (χ4v) is 2.72. The lowest BCUT2D eigenvalue weighted by Crippen LogP contribution is -2.52. The number of anilines is 1. The van der Waals surface area contributed by atoms with Crippen LogP contribution in [0.5, 0.6) is 5.88 Å². The van der Waals surface area contributed by atoms with Crippen LogP contribution in [0.15, 0.2) is 41.8 Å². The summed E-state index contributed by atoms with van der Waals surface area (Å²) < 4.78 is 5.08. The maximum absolute atomic E-state index is 5.08. The average molecular weight is 341 g/mol. The molecule has 0 amide bonds. The molecule has 3 heterocycles. The van der Waals surface area contributed by atoms with E-state index in [4.69, 9.17) is 4.74 Å². The number of guanidine groups is 1. The number of hydrogen-bond donors (Lipinski definition) is 1. The van der Waals surface area contributed by atoms with Gasteiger partial charge in [-0.2, -0.15) is 0 Å². The minimum absolute atomic E-state index is 0.618. The zero-order valence-corrected chi connectivity index (χ0v) is 14.6. The Morgan fingerprint density at radius 2 is 1.92 bits per heavy atom. The second-order valence-corrected chi connectivity index (χ2v) is 5.63. The molecular weight excluding hydrogens is 318 g/mol. The summed E-state index contributed by atoms with van der Waals surface area (Å²) >= 11 is 0. The standard InChI is InChI=1S/C17H23N7O/c1-18-16(22-13-14-4-5-15(25-2)21-12-14)23-8-10-24(11-9-23)17-19-6-3-7-20-17/h3-7,12H,8-11,13H2,1-2H3,(H,18,22). The molecule has 25 heavy (non-hydrogen) atoms.